The van der Waals surface area contributed by atoms with E-state index in [0.29, 0.717) is 0 Å². The summed E-state index contributed by atoms with van der Waals surface area (Å²) in [5, 5.41) is 0. The van der Waals surface area contributed by atoms with Gasteiger partial charge in [-0.15, -0.1) is 0 Å². The molecule has 0 spiro atoms. The van der Waals surface area contributed by atoms with Crippen LogP contribution in [0.5, 0.6) is 0 Å². The Labute approximate surface area is 126 Å². The summed E-state index contributed by atoms with van der Waals surface area (Å²) in [5.74, 6) is 0. The third-order valence-corrected chi connectivity index (χ3v) is 4.38. The van der Waals surface area contributed by atoms with E-state index >= 15 is 0 Å². The van der Waals surface area contributed by atoms with E-state index in [1.165, 1.54) is 62.8 Å². The monoisotopic (exact) mass is 326 g/mol. The van der Waals surface area contributed by atoms with Crippen molar-refractivity contribution in [1.82, 2.24) is 9.97 Å². The number of hydrogen-bond acceptors (Lipinski definition) is 2. The number of nitrogens with zero attached hydrogens (tertiary/aromatic N) is 2. The summed E-state index contributed by atoms with van der Waals surface area (Å²) in [6, 6.07) is 0. The second-order valence-electron chi connectivity index (χ2n) is 5.20. The lowest BCUT2D eigenvalue weighted by Gasteiger charge is -2.08. The average molecular weight is 327 g/mol. The normalized spacial score (nSPS) is 10.9. The minimum atomic E-state index is 1.07. The second kappa shape index (κ2) is 10.4. The van der Waals surface area contributed by atoms with Crippen LogP contribution in [0.4, 0.5) is 0 Å². The van der Waals surface area contributed by atoms with Gasteiger partial charge in [-0.3, -0.25) is 0 Å². The third-order valence-electron chi connectivity index (χ3n) is 3.47. The fourth-order valence-electron chi connectivity index (χ4n) is 2.24. The molecule has 0 saturated heterocycles. The van der Waals surface area contributed by atoms with Crippen LogP contribution in [0.3, 0.4) is 0 Å². The molecule has 0 radical (unpaired) electrons. The first-order valence-corrected chi connectivity index (χ1v) is 8.57. The summed E-state index contributed by atoms with van der Waals surface area (Å²) in [4.78, 5) is 8.85. The third kappa shape index (κ3) is 6.51. The van der Waals surface area contributed by atoms with E-state index in [0.717, 1.165) is 17.3 Å². The maximum absolute atomic E-state index is 4.42. The van der Waals surface area contributed by atoms with E-state index in [1.807, 2.05) is 0 Å². The number of hydrogen-bond donors (Lipinski definition) is 0. The first-order chi connectivity index (χ1) is 9.29. The zero-order valence-corrected chi connectivity index (χ0v) is 14.0. The number of rotatable bonds is 10. The molecule has 0 saturated carbocycles. The van der Waals surface area contributed by atoms with Gasteiger partial charge in [-0.05, 0) is 41.6 Å². The molecule has 0 bridgehead atoms. The van der Waals surface area contributed by atoms with E-state index in [4.69, 9.17) is 0 Å². The molecule has 0 aliphatic carbocycles. The van der Waals surface area contributed by atoms with Crippen molar-refractivity contribution in [3.05, 3.63) is 22.2 Å². The predicted octanol–water partition coefficient (Wildman–Crippen LogP) is 5.48. The summed E-state index contributed by atoms with van der Waals surface area (Å²) < 4.78 is 1.16. The number of unbranched alkanes of at least 4 members (excludes halogenated alkanes) is 6. The lowest BCUT2D eigenvalue weighted by molar-refractivity contribution is 0.647. The lowest BCUT2D eigenvalue weighted by atomic mass is 10.1. The maximum Gasteiger partial charge on any atom is 0.116 e. The lowest BCUT2D eigenvalue weighted by Crippen LogP contribution is -2.00. The van der Waals surface area contributed by atoms with Crippen molar-refractivity contribution in [2.45, 2.75) is 78.1 Å². The van der Waals surface area contributed by atoms with Crippen molar-refractivity contribution in [1.29, 1.82) is 0 Å². The zero-order valence-electron chi connectivity index (χ0n) is 12.4. The largest absolute Gasteiger partial charge is 0.240 e. The highest BCUT2D eigenvalue weighted by atomic mass is 79.9. The van der Waals surface area contributed by atoms with Gasteiger partial charge in [0, 0.05) is 0 Å². The fourth-order valence-corrected chi connectivity index (χ4v) is 2.84. The molecule has 0 fully saturated rings. The van der Waals surface area contributed by atoms with Crippen LogP contribution in [0.2, 0.25) is 0 Å². The van der Waals surface area contributed by atoms with E-state index < -0.39 is 0 Å². The van der Waals surface area contributed by atoms with Gasteiger partial charge in [-0.25, -0.2) is 9.97 Å². The standard InChI is InChI=1S/C16H27BrN2/c1-3-5-7-9-11-14-16(17)15(19-13-18-14)12-10-8-6-4-2/h13H,3-12H2,1-2H3. The molecule has 1 heterocycles. The molecule has 1 rings (SSSR count). The smallest absolute Gasteiger partial charge is 0.116 e. The fraction of sp³-hybridized carbons (Fsp3) is 0.750. The highest BCUT2D eigenvalue weighted by Gasteiger charge is 2.08. The van der Waals surface area contributed by atoms with E-state index in [1.54, 1.807) is 6.33 Å². The van der Waals surface area contributed by atoms with Crippen molar-refractivity contribution < 1.29 is 0 Å². The predicted molar refractivity (Wildman–Crippen MR) is 85.4 cm³/mol. The van der Waals surface area contributed by atoms with Gasteiger partial charge in [0.1, 0.15) is 6.33 Å². The Bertz CT molecular complexity index is 322. The summed E-state index contributed by atoms with van der Waals surface area (Å²) in [5.41, 5.74) is 2.38. The van der Waals surface area contributed by atoms with Gasteiger partial charge in [0.05, 0.1) is 15.9 Å². The van der Waals surface area contributed by atoms with Crippen LogP contribution in [0.25, 0.3) is 0 Å². The van der Waals surface area contributed by atoms with E-state index in [-0.39, 0.29) is 0 Å². The molecule has 108 valence electrons. The molecule has 0 aliphatic heterocycles. The van der Waals surface area contributed by atoms with E-state index in [2.05, 4.69) is 39.7 Å². The summed E-state index contributed by atoms with van der Waals surface area (Å²) in [6.45, 7) is 4.49. The Balaban J connectivity index is 2.44. The second-order valence-corrected chi connectivity index (χ2v) is 6.00. The van der Waals surface area contributed by atoms with Crippen molar-refractivity contribution >= 4 is 15.9 Å². The number of aryl methyl sites for hydroxylation is 2. The van der Waals surface area contributed by atoms with Crippen molar-refractivity contribution in [3.63, 3.8) is 0 Å². The molecule has 1 aromatic rings. The first kappa shape index (κ1) is 16.6. The molecule has 1 aromatic heterocycles. The van der Waals surface area contributed by atoms with Crippen LogP contribution in [0.1, 0.15) is 76.6 Å². The summed E-state index contributed by atoms with van der Waals surface area (Å²) in [7, 11) is 0. The number of aromatic nitrogens is 2. The van der Waals surface area contributed by atoms with Gasteiger partial charge in [0.25, 0.3) is 0 Å². The van der Waals surface area contributed by atoms with Crippen LogP contribution < -0.4 is 0 Å². The van der Waals surface area contributed by atoms with Crippen LogP contribution in [-0.2, 0) is 12.8 Å². The minimum Gasteiger partial charge on any atom is -0.240 e. The Kier molecular flexibility index (Phi) is 9.06. The molecule has 0 amide bonds. The molecule has 0 aromatic carbocycles. The Morgan fingerprint density at radius 2 is 1.26 bits per heavy atom. The number of halogens is 1. The van der Waals surface area contributed by atoms with Crippen LogP contribution in [0, 0.1) is 0 Å². The molecule has 0 N–H and O–H groups in total. The first-order valence-electron chi connectivity index (χ1n) is 7.77. The average Bonchev–Trinajstić information content (AvgIpc) is 2.43. The van der Waals surface area contributed by atoms with Crippen LogP contribution in [-0.4, -0.2) is 9.97 Å². The van der Waals surface area contributed by atoms with Crippen LogP contribution >= 0.6 is 15.9 Å². The Morgan fingerprint density at radius 3 is 1.68 bits per heavy atom. The zero-order chi connectivity index (χ0) is 13.9. The van der Waals surface area contributed by atoms with Crippen molar-refractivity contribution in [3.8, 4) is 0 Å². The Hall–Kier alpha value is -0.440. The van der Waals surface area contributed by atoms with Gasteiger partial charge >= 0.3 is 0 Å². The molecule has 2 nitrogen and oxygen atoms in total. The molecule has 0 unspecified atom stereocenters. The molecular weight excluding hydrogens is 300 g/mol. The minimum absolute atomic E-state index is 1.07. The summed E-state index contributed by atoms with van der Waals surface area (Å²) in [6.07, 6.45) is 14.2. The maximum atomic E-state index is 4.42. The van der Waals surface area contributed by atoms with Gasteiger partial charge in [-0.1, -0.05) is 52.4 Å². The molecular formula is C16H27BrN2. The highest BCUT2D eigenvalue weighted by Crippen LogP contribution is 2.22. The van der Waals surface area contributed by atoms with Gasteiger partial charge in [0.2, 0.25) is 0 Å². The van der Waals surface area contributed by atoms with Crippen molar-refractivity contribution in [2.24, 2.45) is 0 Å². The molecule has 0 atom stereocenters. The molecule has 3 heteroatoms. The Morgan fingerprint density at radius 1 is 0.789 bits per heavy atom. The van der Waals surface area contributed by atoms with Crippen molar-refractivity contribution in [2.75, 3.05) is 0 Å². The highest BCUT2D eigenvalue weighted by molar-refractivity contribution is 9.10. The van der Waals surface area contributed by atoms with E-state index in [9.17, 15) is 0 Å². The van der Waals surface area contributed by atoms with Gasteiger partial charge in [0.15, 0.2) is 0 Å². The topological polar surface area (TPSA) is 25.8 Å². The SMILES string of the molecule is CCCCCCc1ncnc(CCCCCC)c1Br. The molecule has 19 heavy (non-hydrogen) atoms. The quantitative estimate of drug-likeness (QED) is 0.531. The summed E-state index contributed by atoms with van der Waals surface area (Å²) >= 11 is 3.69. The van der Waals surface area contributed by atoms with Gasteiger partial charge < -0.3 is 0 Å². The van der Waals surface area contributed by atoms with Crippen LogP contribution in [0.15, 0.2) is 10.8 Å². The van der Waals surface area contributed by atoms with Gasteiger partial charge in [-0.2, -0.15) is 0 Å². The molecule has 0 aliphatic rings.